The monoisotopic (exact) mass is 655 g/mol. The Morgan fingerprint density at radius 1 is 0.633 bits per heavy atom. The lowest BCUT2D eigenvalue weighted by molar-refractivity contribution is 0.0921. The molecule has 0 fully saturated rings. The summed E-state index contributed by atoms with van der Waals surface area (Å²) in [6, 6.07) is 42.0. The first-order valence-electron chi connectivity index (χ1n) is 16.7. The second-order valence-corrected chi connectivity index (χ2v) is 12.0. The van der Waals surface area contributed by atoms with Gasteiger partial charge in [0.25, 0.3) is 0 Å². The van der Waals surface area contributed by atoms with Gasteiger partial charge in [-0.15, -0.1) is 0 Å². The molecule has 0 bridgehead atoms. The van der Waals surface area contributed by atoms with Crippen molar-refractivity contribution in [2.75, 3.05) is 41.0 Å². The lowest BCUT2D eigenvalue weighted by Crippen LogP contribution is -2.19. The molecule has 0 unspecified atom stereocenters. The zero-order valence-corrected chi connectivity index (χ0v) is 28.9. The van der Waals surface area contributed by atoms with Gasteiger partial charge in [-0.3, -0.25) is 4.79 Å². The zero-order valence-electron chi connectivity index (χ0n) is 28.9. The van der Waals surface area contributed by atoms with E-state index in [1.807, 2.05) is 74.8 Å². The van der Waals surface area contributed by atoms with E-state index in [1.54, 1.807) is 25.3 Å². The summed E-state index contributed by atoms with van der Waals surface area (Å²) in [5.74, 6) is 2.39. The fraction of sp³-hybridized carbons (Fsp3) is 0.233. The number of benzene rings is 5. The maximum absolute atomic E-state index is 13.1. The van der Waals surface area contributed by atoms with Crippen molar-refractivity contribution in [2.45, 2.75) is 26.4 Å². The van der Waals surface area contributed by atoms with Gasteiger partial charge in [0.1, 0.15) is 24.7 Å². The third kappa shape index (κ3) is 9.84. The van der Waals surface area contributed by atoms with Gasteiger partial charge in [-0.2, -0.15) is 0 Å². The predicted molar refractivity (Wildman–Crippen MR) is 198 cm³/mol. The number of carbonyl (C=O) groups is 1. The summed E-state index contributed by atoms with van der Waals surface area (Å²) >= 11 is 0. The van der Waals surface area contributed by atoms with E-state index in [0.29, 0.717) is 36.0 Å². The van der Waals surface area contributed by atoms with E-state index in [1.165, 1.54) is 11.1 Å². The van der Waals surface area contributed by atoms with E-state index in [4.69, 9.17) is 18.9 Å². The third-order valence-corrected chi connectivity index (χ3v) is 8.11. The predicted octanol–water partition coefficient (Wildman–Crippen LogP) is 9.24. The van der Waals surface area contributed by atoms with Crippen molar-refractivity contribution in [1.82, 2.24) is 4.90 Å². The highest BCUT2D eigenvalue weighted by molar-refractivity contribution is 5.99. The van der Waals surface area contributed by atoms with Crippen LogP contribution < -0.4 is 18.9 Å². The van der Waals surface area contributed by atoms with Crippen molar-refractivity contribution in [2.24, 2.45) is 0 Å². The average molecular weight is 656 g/mol. The Balaban J connectivity index is 1.32. The Labute approximate surface area is 290 Å². The number of ketones is 1. The summed E-state index contributed by atoms with van der Waals surface area (Å²) in [6.45, 7) is 3.99. The van der Waals surface area contributed by atoms with Gasteiger partial charge in [0.15, 0.2) is 23.9 Å². The van der Waals surface area contributed by atoms with Crippen molar-refractivity contribution < 1.29 is 23.7 Å². The smallest absolute Gasteiger partial charge is 0.200 e. The van der Waals surface area contributed by atoms with E-state index in [-0.39, 0.29) is 12.4 Å². The molecule has 6 nitrogen and oxygen atoms in total. The van der Waals surface area contributed by atoms with Gasteiger partial charge < -0.3 is 23.8 Å². The standard InChI is InChI=1S/C43H45NO5/c1-5-12-39(33-15-10-7-11-16-33)43(34-17-22-37(23-18-34)47-28-27-44(2)3)35-19-24-38(25-20-35)48-31-40(45)36-21-26-41(42(29-36)46-4)49-30-32-13-8-6-9-14-32/h6-11,13-26,29H,5,12,27-28,30-31H2,1-4H3/b43-39+. The summed E-state index contributed by atoms with van der Waals surface area (Å²) in [5.41, 5.74) is 7.36. The molecule has 0 amide bonds. The first kappa shape index (κ1) is 35.0. The maximum atomic E-state index is 13.1. The summed E-state index contributed by atoms with van der Waals surface area (Å²) in [5, 5.41) is 0. The summed E-state index contributed by atoms with van der Waals surface area (Å²) < 4.78 is 23.4. The minimum atomic E-state index is -0.153. The Kier molecular flexibility index (Phi) is 12.7. The number of rotatable bonds is 17. The minimum absolute atomic E-state index is 0.101. The highest BCUT2D eigenvalue weighted by atomic mass is 16.5. The van der Waals surface area contributed by atoms with Gasteiger partial charge in [-0.1, -0.05) is 98.3 Å². The maximum Gasteiger partial charge on any atom is 0.200 e. The van der Waals surface area contributed by atoms with Crippen LogP contribution in [0.25, 0.3) is 11.1 Å². The first-order chi connectivity index (χ1) is 23.9. The Morgan fingerprint density at radius 2 is 1.22 bits per heavy atom. The molecule has 0 aliphatic heterocycles. The molecule has 0 saturated carbocycles. The molecule has 0 radical (unpaired) electrons. The van der Waals surface area contributed by atoms with E-state index in [2.05, 4.69) is 60.4 Å². The van der Waals surface area contributed by atoms with Crippen LogP contribution in [0.5, 0.6) is 23.0 Å². The van der Waals surface area contributed by atoms with Crippen LogP contribution in [0.4, 0.5) is 0 Å². The zero-order chi connectivity index (χ0) is 34.4. The lowest BCUT2D eigenvalue weighted by atomic mass is 9.87. The quantitative estimate of drug-likeness (QED) is 0.0736. The van der Waals surface area contributed by atoms with Gasteiger partial charge >= 0.3 is 0 Å². The molecule has 5 aromatic rings. The topological polar surface area (TPSA) is 57.2 Å². The fourth-order valence-electron chi connectivity index (χ4n) is 5.53. The van der Waals surface area contributed by atoms with Gasteiger partial charge in [0.05, 0.1) is 7.11 Å². The third-order valence-electron chi connectivity index (χ3n) is 8.11. The van der Waals surface area contributed by atoms with Crippen LogP contribution in [0, 0.1) is 0 Å². The number of likely N-dealkylation sites (N-methyl/N-ethyl adjacent to an activating group) is 1. The number of hydrogen-bond acceptors (Lipinski definition) is 6. The Morgan fingerprint density at radius 3 is 1.82 bits per heavy atom. The molecule has 49 heavy (non-hydrogen) atoms. The number of methoxy groups -OCH3 is 1. The van der Waals surface area contributed by atoms with Crippen molar-refractivity contribution in [3.05, 3.63) is 155 Å². The van der Waals surface area contributed by atoms with Crippen LogP contribution in [-0.2, 0) is 6.61 Å². The molecule has 0 atom stereocenters. The lowest BCUT2D eigenvalue weighted by Gasteiger charge is -2.18. The van der Waals surface area contributed by atoms with Gasteiger partial charge in [-0.05, 0) is 96.4 Å². The molecule has 0 saturated heterocycles. The fourth-order valence-corrected chi connectivity index (χ4v) is 5.53. The van der Waals surface area contributed by atoms with Gasteiger partial charge in [0.2, 0.25) is 0 Å². The van der Waals surface area contributed by atoms with Gasteiger partial charge in [0, 0.05) is 12.1 Å². The van der Waals surface area contributed by atoms with Crippen molar-refractivity contribution in [3.63, 3.8) is 0 Å². The molecule has 6 heteroatoms. The van der Waals surface area contributed by atoms with E-state index in [0.717, 1.165) is 47.4 Å². The first-order valence-corrected chi connectivity index (χ1v) is 16.7. The largest absolute Gasteiger partial charge is 0.493 e. The number of carbonyl (C=O) groups excluding carboxylic acids is 1. The van der Waals surface area contributed by atoms with Crippen LogP contribution in [0.2, 0.25) is 0 Å². The van der Waals surface area contributed by atoms with E-state index in [9.17, 15) is 4.79 Å². The molecule has 0 aliphatic rings. The van der Waals surface area contributed by atoms with E-state index < -0.39 is 0 Å². The summed E-state index contributed by atoms with van der Waals surface area (Å²) in [6.07, 6.45) is 1.93. The SMILES string of the molecule is CCC/C(=C(/c1ccc(OCCN(C)C)cc1)c1ccc(OCC(=O)c2ccc(OCc3ccccc3)c(OC)c2)cc1)c1ccccc1. The Bertz CT molecular complexity index is 1800. The molecule has 0 heterocycles. The molecule has 0 N–H and O–H groups in total. The minimum Gasteiger partial charge on any atom is -0.493 e. The second-order valence-electron chi connectivity index (χ2n) is 12.0. The van der Waals surface area contributed by atoms with Crippen LogP contribution in [0.3, 0.4) is 0 Å². The van der Waals surface area contributed by atoms with Crippen molar-refractivity contribution in [3.8, 4) is 23.0 Å². The molecule has 5 rings (SSSR count). The molecular formula is C43H45NO5. The molecule has 0 spiro atoms. The van der Waals surface area contributed by atoms with Crippen LogP contribution in [0.15, 0.2) is 127 Å². The Hall–Kier alpha value is -5.33. The van der Waals surface area contributed by atoms with Gasteiger partial charge in [-0.25, -0.2) is 0 Å². The van der Waals surface area contributed by atoms with E-state index >= 15 is 0 Å². The van der Waals surface area contributed by atoms with Crippen LogP contribution >= 0.6 is 0 Å². The average Bonchev–Trinajstić information content (AvgIpc) is 3.14. The molecule has 0 aliphatic carbocycles. The summed E-state index contributed by atoms with van der Waals surface area (Å²) in [7, 11) is 5.64. The van der Waals surface area contributed by atoms with Crippen molar-refractivity contribution in [1.29, 1.82) is 0 Å². The number of allylic oxidation sites excluding steroid dienone is 1. The van der Waals surface area contributed by atoms with Crippen LogP contribution in [-0.4, -0.2) is 51.6 Å². The molecular weight excluding hydrogens is 610 g/mol. The van der Waals surface area contributed by atoms with Crippen molar-refractivity contribution >= 4 is 16.9 Å². The molecule has 5 aromatic carbocycles. The number of ether oxygens (including phenoxy) is 4. The second kappa shape index (κ2) is 17.7. The highest BCUT2D eigenvalue weighted by Crippen LogP contribution is 2.36. The normalized spacial score (nSPS) is 11.5. The number of nitrogens with zero attached hydrogens (tertiary/aromatic N) is 1. The highest BCUT2D eigenvalue weighted by Gasteiger charge is 2.16. The molecule has 0 aromatic heterocycles. The summed E-state index contributed by atoms with van der Waals surface area (Å²) in [4.78, 5) is 15.2. The number of hydrogen-bond donors (Lipinski definition) is 0. The number of Topliss-reactive ketones (excluding diaryl/α,β-unsaturated/α-hetero) is 1. The van der Waals surface area contributed by atoms with Crippen LogP contribution in [0.1, 0.15) is 52.4 Å². The molecule has 252 valence electrons.